The van der Waals surface area contributed by atoms with Gasteiger partial charge in [0, 0.05) is 10.6 Å². The Hall–Kier alpha value is -2.60. The van der Waals surface area contributed by atoms with Crippen LogP contribution in [0.5, 0.6) is 0 Å². The third-order valence-corrected chi connectivity index (χ3v) is 8.36. The van der Waals surface area contributed by atoms with Crippen LogP contribution in [0.25, 0.3) is 11.0 Å². The largest absolute Gasteiger partial charge is 0.416 e. The summed E-state index contributed by atoms with van der Waals surface area (Å²) < 4.78 is 67.5. The Morgan fingerprint density at radius 2 is 1.85 bits per heavy atom. The standard InChI is InChI=1S/C21H14Cl2F3N3O3S2/c1-11-27-16-5-3-12(20(30)28-34(31,32)19-7-6-18(23)33-19)8-17(16)29(11)10-13-2-4-14(9-15(13)22)21(24,25)26/h2-9H,10H2,1H3,(H,28,30). The van der Waals surface area contributed by atoms with Crippen molar-refractivity contribution in [2.45, 2.75) is 23.9 Å². The summed E-state index contributed by atoms with van der Waals surface area (Å²) in [7, 11) is -4.11. The normalized spacial score (nSPS) is 12.3. The van der Waals surface area contributed by atoms with Gasteiger partial charge in [0.15, 0.2) is 0 Å². The van der Waals surface area contributed by atoms with Gasteiger partial charge in [0.25, 0.3) is 15.9 Å². The van der Waals surface area contributed by atoms with Crippen LogP contribution in [0.2, 0.25) is 9.36 Å². The molecule has 0 saturated carbocycles. The monoisotopic (exact) mass is 547 g/mol. The SMILES string of the molecule is Cc1nc2ccc(C(=O)NS(=O)(=O)c3ccc(Cl)s3)cc2n1Cc1ccc(C(F)(F)F)cc1Cl. The van der Waals surface area contributed by atoms with Gasteiger partial charge >= 0.3 is 6.18 Å². The van der Waals surface area contributed by atoms with Crippen LogP contribution in [-0.2, 0) is 22.7 Å². The van der Waals surface area contributed by atoms with Crippen molar-refractivity contribution < 1.29 is 26.4 Å². The average Bonchev–Trinajstić information content (AvgIpc) is 3.31. The van der Waals surface area contributed by atoms with Crippen molar-refractivity contribution in [3.8, 4) is 0 Å². The van der Waals surface area contributed by atoms with E-state index in [1.54, 1.807) is 17.6 Å². The lowest BCUT2D eigenvalue weighted by atomic mass is 10.1. The van der Waals surface area contributed by atoms with Gasteiger partial charge in [0.1, 0.15) is 10.0 Å². The maximum atomic E-state index is 12.9. The van der Waals surface area contributed by atoms with Gasteiger partial charge < -0.3 is 4.57 Å². The third kappa shape index (κ3) is 4.92. The van der Waals surface area contributed by atoms with Gasteiger partial charge in [-0.1, -0.05) is 29.3 Å². The number of benzene rings is 2. The molecule has 0 fully saturated rings. The van der Waals surface area contributed by atoms with E-state index in [1.807, 2.05) is 4.72 Å². The molecule has 0 radical (unpaired) electrons. The topological polar surface area (TPSA) is 81.1 Å². The molecule has 0 atom stereocenters. The summed E-state index contributed by atoms with van der Waals surface area (Å²) in [5.74, 6) is -0.325. The van der Waals surface area contributed by atoms with Crippen molar-refractivity contribution in [2.24, 2.45) is 0 Å². The fraction of sp³-hybridized carbons (Fsp3) is 0.143. The number of fused-ring (bicyclic) bond motifs is 1. The molecule has 2 aromatic carbocycles. The Morgan fingerprint density at radius 1 is 1.12 bits per heavy atom. The molecular formula is C21H14Cl2F3N3O3S2. The van der Waals surface area contributed by atoms with Gasteiger partial charge in [0.2, 0.25) is 0 Å². The minimum absolute atomic E-state index is 0.0541. The van der Waals surface area contributed by atoms with Crippen molar-refractivity contribution in [3.63, 3.8) is 0 Å². The zero-order chi connectivity index (χ0) is 24.8. The van der Waals surface area contributed by atoms with E-state index in [9.17, 15) is 26.4 Å². The van der Waals surface area contributed by atoms with E-state index in [2.05, 4.69) is 4.98 Å². The van der Waals surface area contributed by atoms with Crippen LogP contribution in [0.1, 0.15) is 27.3 Å². The highest BCUT2D eigenvalue weighted by molar-refractivity contribution is 7.92. The van der Waals surface area contributed by atoms with Crippen LogP contribution in [0, 0.1) is 6.92 Å². The first-order valence-corrected chi connectivity index (χ1v) is 12.6. The van der Waals surface area contributed by atoms with E-state index in [4.69, 9.17) is 23.2 Å². The second kappa shape index (κ2) is 8.88. The van der Waals surface area contributed by atoms with Crippen LogP contribution in [-0.4, -0.2) is 23.9 Å². The molecule has 6 nitrogen and oxygen atoms in total. The first kappa shape index (κ1) is 24.5. The number of halogens is 5. The molecule has 0 aliphatic rings. The number of alkyl halides is 3. The first-order chi connectivity index (χ1) is 15.8. The van der Waals surface area contributed by atoms with E-state index < -0.39 is 27.7 Å². The Kier molecular flexibility index (Phi) is 6.40. The molecule has 0 spiro atoms. The van der Waals surface area contributed by atoms with Crippen LogP contribution in [0.3, 0.4) is 0 Å². The number of sulfonamides is 1. The smallest absolute Gasteiger partial charge is 0.324 e. The summed E-state index contributed by atoms with van der Waals surface area (Å²) in [6, 6.07) is 10.2. The van der Waals surface area contributed by atoms with Gasteiger partial charge in [-0.15, -0.1) is 11.3 Å². The molecule has 1 N–H and O–H groups in total. The summed E-state index contributed by atoms with van der Waals surface area (Å²) in [6.45, 7) is 1.79. The lowest BCUT2D eigenvalue weighted by Gasteiger charge is -2.12. The Bertz CT molecular complexity index is 1530. The number of rotatable bonds is 5. The van der Waals surface area contributed by atoms with Crippen molar-refractivity contribution in [2.75, 3.05) is 0 Å². The molecule has 2 heterocycles. The number of carbonyl (C=O) groups excluding carboxylic acids is 1. The second-order valence-corrected chi connectivity index (χ2v) is 11.3. The zero-order valence-corrected chi connectivity index (χ0v) is 20.3. The molecule has 4 aromatic rings. The van der Waals surface area contributed by atoms with E-state index in [0.29, 0.717) is 22.4 Å². The average molecular weight is 548 g/mol. The van der Waals surface area contributed by atoms with Crippen molar-refractivity contribution in [1.82, 2.24) is 14.3 Å². The number of hydrogen-bond acceptors (Lipinski definition) is 5. The van der Waals surface area contributed by atoms with Gasteiger partial charge in [-0.25, -0.2) is 18.1 Å². The van der Waals surface area contributed by atoms with Crippen LogP contribution in [0.15, 0.2) is 52.7 Å². The number of thiophene rings is 1. The predicted molar refractivity (Wildman–Crippen MR) is 124 cm³/mol. The molecule has 0 aliphatic carbocycles. The third-order valence-electron chi connectivity index (χ3n) is 4.95. The highest BCUT2D eigenvalue weighted by atomic mass is 35.5. The number of amides is 1. The molecule has 0 unspecified atom stereocenters. The molecule has 178 valence electrons. The lowest BCUT2D eigenvalue weighted by Crippen LogP contribution is -2.30. The van der Waals surface area contributed by atoms with Crippen LogP contribution < -0.4 is 4.72 Å². The van der Waals surface area contributed by atoms with E-state index in [-0.39, 0.29) is 25.7 Å². The van der Waals surface area contributed by atoms with Gasteiger partial charge in [-0.3, -0.25) is 4.79 Å². The summed E-state index contributed by atoms with van der Waals surface area (Å²) in [4.78, 5) is 17.1. The summed E-state index contributed by atoms with van der Waals surface area (Å²) in [5.41, 5.74) is 0.616. The maximum absolute atomic E-state index is 12.9. The zero-order valence-electron chi connectivity index (χ0n) is 17.2. The highest BCUT2D eigenvalue weighted by Crippen LogP contribution is 2.33. The minimum Gasteiger partial charge on any atom is -0.324 e. The molecule has 0 bridgehead atoms. The quantitative estimate of drug-likeness (QED) is 0.337. The van der Waals surface area contributed by atoms with Crippen molar-refractivity contribution in [1.29, 1.82) is 0 Å². The fourth-order valence-corrected chi connectivity index (χ4v) is 5.98. The van der Waals surface area contributed by atoms with Crippen molar-refractivity contribution in [3.05, 3.63) is 80.4 Å². The molecule has 0 saturated heterocycles. The minimum atomic E-state index is -4.52. The Morgan fingerprint density at radius 3 is 2.47 bits per heavy atom. The number of aromatic nitrogens is 2. The van der Waals surface area contributed by atoms with Gasteiger partial charge in [-0.05, 0) is 55.0 Å². The van der Waals surface area contributed by atoms with Gasteiger partial charge in [-0.2, -0.15) is 13.2 Å². The molecule has 4 rings (SSSR count). The molecular weight excluding hydrogens is 534 g/mol. The van der Waals surface area contributed by atoms with E-state index >= 15 is 0 Å². The summed E-state index contributed by atoms with van der Waals surface area (Å²) in [5, 5.41) is -0.0642. The van der Waals surface area contributed by atoms with Crippen molar-refractivity contribution >= 4 is 61.5 Å². The van der Waals surface area contributed by atoms with Crippen LogP contribution in [0.4, 0.5) is 13.2 Å². The number of hydrogen-bond donors (Lipinski definition) is 1. The second-order valence-electron chi connectivity index (χ2n) is 7.25. The Labute approximate surface area is 206 Å². The number of aryl methyl sites for hydroxylation is 1. The summed E-state index contributed by atoms with van der Waals surface area (Å²) in [6.07, 6.45) is -4.52. The summed E-state index contributed by atoms with van der Waals surface area (Å²) >= 11 is 12.7. The number of imidazole rings is 1. The number of carbonyl (C=O) groups is 1. The maximum Gasteiger partial charge on any atom is 0.416 e. The van der Waals surface area contributed by atoms with E-state index in [0.717, 1.165) is 23.5 Å². The van der Waals surface area contributed by atoms with Gasteiger partial charge in [0.05, 0.1) is 27.5 Å². The molecule has 34 heavy (non-hydrogen) atoms. The fourth-order valence-electron chi connectivity index (χ4n) is 3.28. The Balaban J connectivity index is 1.65. The lowest BCUT2D eigenvalue weighted by molar-refractivity contribution is -0.137. The molecule has 0 aliphatic heterocycles. The molecule has 13 heteroatoms. The van der Waals surface area contributed by atoms with E-state index in [1.165, 1.54) is 30.3 Å². The highest BCUT2D eigenvalue weighted by Gasteiger charge is 2.31. The predicted octanol–water partition coefficient (Wildman–Crippen LogP) is 5.90. The molecule has 2 aromatic heterocycles. The molecule has 1 amide bonds. The number of nitrogens with one attached hydrogen (secondary N) is 1. The van der Waals surface area contributed by atoms with Crippen LogP contribution >= 0.6 is 34.5 Å². The number of nitrogens with zero attached hydrogens (tertiary/aromatic N) is 2. The first-order valence-electron chi connectivity index (χ1n) is 9.50.